The third-order valence-corrected chi connectivity index (χ3v) is 6.33. The number of nitrogens with zero attached hydrogens (tertiary/aromatic N) is 1. The van der Waals surface area contributed by atoms with Crippen molar-refractivity contribution < 1.29 is 14.3 Å². The average molecular weight is 449 g/mol. The number of thiocarbonyl (C=S) groups is 1. The van der Waals surface area contributed by atoms with Crippen LogP contribution in [0.25, 0.3) is 0 Å². The van der Waals surface area contributed by atoms with Gasteiger partial charge >= 0.3 is 0 Å². The van der Waals surface area contributed by atoms with Crippen molar-refractivity contribution in [3.05, 3.63) is 65.2 Å². The van der Waals surface area contributed by atoms with Crippen LogP contribution in [0.3, 0.4) is 0 Å². The molecule has 5 nitrogen and oxygen atoms in total. The Morgan fingerprint density at radius 2 is 1.86 bits per heavy atom. The number of benzene rings is 2. The molecule has 1 fully saturated rings. The second kappa shape index (κ2) is 9.15. The molecule has 0 radical (unpaired) electrons. The topological polar surface area (TPSA) is 58.6 Å². The summed E-state index contributed by atoms with van der Waals surface area (Å²) in [6.07, 6.45) is 0. The van der Waals surface area contributed by atoms with Crippen molar-refractivity contribution in [2.24, 2.45) is 0 Å². The van der Waals surface area contributed by atoms with Gasteiger partial charge < -0.3 is 10.1 Å². The molecule has 0 bridgehead atoms. The van der Waals surface area contributed by atoms with Gasteiger partial charge in [-0.25, -0.2) is 0 Å². The van der Waals surface area contributed by atoms with E-state index in [1.54, 1.807) is 29.2 Å². The van der Waals surface area contributed by atoms with E-state index in [1.165, 1.54) is 11.8 Å². The van der Waals surface area contributed by atoms with Gasteiger partial charge in [0.15, 0.2) is 6.61 Å². The standard InChI is InChI=1S/C21H21ClN2O3S2/c1-21(2)18(23-17(25)13-27-16-10-8-15(22)9-11-16)19(26)24(20(28)29-21)12-14-6-4-3-5-7-14/h3-11,18H,12-13H2,1-2H3,(H,23,25). The minimum absolute atomic E-state index is 0.199. The molecule has 1 saturated heterocycles. The van der Waals surface area contributed by atoms with E-state index in [9.17, 15) is 9.59 Å². The SMILES string of the molecule is CC1(C)SC(=S)N(Cc2ccccc2)C(=O)C1NC(=O)COc1ccc(Cl)cc1. The number of thioether (sulfide) groups is 1. The van der Waals surface area contributed by atoms with Crippen LogP contribution in [0.5, 0.6) is 5.75 Å². The van der Waals surface area contributed by atoms with Crippen LogP contribution in [-0.4, -0.2) is 38.4 Å². The van der Waals surface area contributed by atoms with Gasteiger partial charge in [0.25, 0.3) is 11.8 Å². The zero-order valence-electron chi connectivity index (χ0n) is 16.1. The molecule has 8 heteroatoms. The van der Waals surface area contributed by atoms with Crippen molar-refractivity contribution in [1.82, 2.24) is 10.2 Å². The van der Waals surface area contributed by atoms with Gasteiger partial charge in [-0.2, -0.15) is 0 Å². The van der Waals surface area contributed by atoms with Gasteiger partial charge in [-0.3, -0.25) is 14.5 Å². The number of rotatable bonds is 6. The van der Waals surface area contributed by atoms with E-state index in [1.807, 2.05) is 44.2 Å². The lowest BCUT2D eigenvalue weighted by atomic mass is 10.0. The Balaban J connectivity index is 1.66. The zero-order chi connectivity index (χ0) is 21.0. The van der Waals surface area contributed by atoms with Crippen LogP contribution in [-0.2, 0) is 16.1 Å². The molecule has 152 valence electrons. The fourth-order valence-electron chi connectivity index (χ4n) is 2.91. The van der Waals surface area contributed by atoms with E-state index in [-0.39, 0.29) is 18.4 Å². The van der Waals surface area contributed by atoms with Gasteiger partial charge in [0.2, 0.25) is 0 Å². The van der Waals surface area contributed by atoms with Gasteiger partial charge in [0, 0.05) is 9.77 Å². The minimum atomic E-state index is -0.718. The highest BCUT2D eigenvalue weighted by Gasteiger charge is 2.46. The van der Waals surface area contributed by atoms with Crippen molar-refractivity contribution in [3.63, 3.8) is 0 Å². The highest BCUT2D eigenvalue weighted by Crippen LogP contribution is 2.37. The molecule has 0 spiro atoms. The largest absolute Gasteiger partial charge is 0.484 e. The first-order valence-corrected chi connectivity index (χ1v) is 10.6. The summed E-state index contributed by atoms with van der Waals surface area (Å²) in [6, 6.07) is 15.6. The first-order chi connectivity index (χ1) is 13.8. The predicted octanol–water partition coefficient (Wildman–Crippen LogP) is 4.04. The maximum Gasteiger partial charge on any atom is 0.258 e. The van der Waals surface area contributed by atoms with Crippen molar-refractivity contribution in [1.29, 1.82) is 0 Å². The Bertz CT molecular complexity index is 904. The van der Waals surface area contributed by atoms with Crippen LogP contribution in [0, 0.1) is 0 Å². The number of hydrogen-bond donors (Lipinski definition) is 1. The molecule has 1 heterocycles. The molecule has 1 aliphatic heterocycles. The second-order valence-corrected chi connectivity index (χ2v) is 9.85. The smallest absolute Gasteiger partial charge is 0.258 e. The lowest BCUT2D eigenvalue weighted by Gasteiger charge is -2.42. The molecule has 2 aromatic rings. The fourth-order valence-corrected chi connectivity index (χ4v) is 4.83. The zero-order valence-corrected chi connectivity index (χ0v) is 18.4. The summed E-state index contributed by atoms with van der Waals surface area (Å²) >= 11 is 12.7. The quantitative estimate of drug-likeness (QED) is 0.676. The number of nitrogens with one attached hydrogen (secondary N) is 1. The van der Waals surface area contributed by atoms with Gasteiger partial charge in [0.1, 0.15) is 16.1 Å². The Morgan fingerprint density at radius 1 is 1.21 bits per heavy atom. The van der Waals surface area contributed by atoms with Crippen molar-refractivity contribution in [2.45, 2.75) is 31.2 Å². The van der Waals surface area contributed by atoms with E-state index in [0.717, 1.165) is 5.56 Å². The summed E-state index contributed by atoms with van der Waals surface area (Å²) < 4.78 is 5.42. The normalized spacial score (nSPS) is 18.4. The van der Waals surface area contributed by atoms with Crippen molar-refractivity contribution in [3.8, 4) is 5.75 Å². The lowest BCUT2D eigenvalue weighted by molar-refractivity contribution is -0.135. The van der Waals surface area contributed by atoms with Crippen LogP contribution in [0.4, 0.5) is 0 Å². The molecule has 29 heavy (non-hydrogen) atoms. The van der Waals surface area contributed by atoms with E-state index < -0.39 is 10.8 Å². The molecular formula is C21H21ClN2O3S2. The van der Waals surface area contributed by atoms with E-state index in [2.05, 4.69) is 5.32 Å². The number of carbonyl (C=O) groups is 2. The fraction of sp³-hybridized carbons (Fsp3) is 0.286. The molecular weight excluding hydrogens is 428 g/mol. The first-order valence-electron chi connectivity index (χ1n) is 9.02. The third kappa shape index (κ3) is 5.50. The van der Waals surface area contributed by atoms with E-state index in [0.29, 0.717) is 21.6 Å². The number of amides is 2. The van der Waals surface area contributed by atoms with E-state index >= 15 is 0 Å². The Hall–Kier alpha value is -2.09. The molecule has 0 saturated carbocycles. The van der Waals surface area contributed by atoms with Crippen molar-refractivity contribution >= 4 is 51.7 Å². The van der Waals surface area contributed by atoms with Crippen LogP contribution < -0.4 is 10.1 Å². The highest BCUT2D eigenvalue weighted by molar-refractivity contribution is 8.24. The Morgan fingerprint density at radius 3 is 2.52 bits per heavy atom. The summed E-state index contributed by atoms with van der Waals surface area (Å²) in [5.74, 6) is -0.0676. The van der Waals surface area contributed by atoms with Gasteiger partial charge in [-0.1, -0.05) is 65.9 Å². The molecule has 1 unspecified atom stereocenters. The molecule has 1 N–H and O–H groups in total. The maximum absolute atomic E-state index is 13.2. The molecule has 1 aliphatic rings. The molecule has 3 rings (SSSR count). The van der Waals surface area contributed by atoms with Gasteiger partial charge in [-0.05, 0) is 43.7 Å². The number of hydrogen-bond acceptors (Lipinski definition) is 5. The summed E-state index contributed by atoms with van der Waals surface area (Å²) in [4.78, 5) is 27.2. The number of halogens is 1. The predicted molar refractivity (Wildman–Crippen MR) is 120 cm³/mol. The summed E-state index contributed by atoms with van der Waals surface area (Å²) in [7, 11) is 0. The Labute approximate surface area is 184 Å². The van der Waals surface area contributed by atoms with Crippen LogP contribution in [0.15, 0.2) is 54.6 Å². The second-order valence-electron chi connectivity index (χ2n) is 7.12. The van der Waals surface area contributed by atoms with Crippen molar-refractivity contribution in [2.75, 3.05) is 6.61 Å². The number of ether oxygens (including phenoxy) is 1. The van der Waals surface area contributed by atoms with Crippen LogP contribution >= 0.6 is 35.6 Å². The van der Waals surface area contributed by atoms with E-state index in [4.69, 9.17) is 28.6 Å². The molecule has 2 amide bonds. The van der Waals surface area contributed by atoms with Crippen LogP contribution in [0.2, 0.25) is 5.02 Å². The molecule has 1 atom stereocenters. The maximum atomic E-state index is 13.2. The van der Waals surface area contributed by atoms with Crippen LogP contribution in [0.1, 0.15) is 19.4 Å². The van der Waals surface area contributed by atoms with Gasteiger partial charge in [-0.15, -0.1) is 0 Å². The average Bonchev–Trinajstić information content (AvgIpc) is 2.68. The number of carbonyl (C=O) groups excluding carboxylic acids is 2. The lowest BCUT2D eigenvalue weighted by Crippen LogP contribution is -2.62. The highest BCUT2D eigenvalue weighted by atomic mass is 35.5. The summed E-state index contributed by atoms with van der Waals surface area (Å²) in [5, 5.41) is 3.40. The Kier molecular flexibility index (Phi) is 6.82. The third-order valence-electron chi connectivity index (χ3n) is 4.45. The van der Waals surface area contributed by atoms with Gasteiger partial charge in [0.05, 0.1) is 6.54 Å². The summed E-state index contributed by atoms with van der Waals surface area (Å²) in [6.45, 7) is 3.96. The molecule has 2 aromatic carbocycles. The molecule has 0 aromatic heterocycles. The first kappa shape index (κ1) is 21.6. The monoisotopic (exact) mass is 448 g/mol. The summed E-state index contributed by atoms with van der Waals surface area (Å²) in [5.41, 5.74) is 0.972. The minimum Gasteiger partial charge on any atom is -0.484 e. The molecule has 0 aliphatic carbocycles.